The minimum absolute atomic E-state index is 0.381. The molecule has 4 heteroatoms. The number of hydrogen-bond acceptors (Lipinski definition) is 3. The topological polar surface area (TPSA) is 38.5 Å². The van der Waals surface area contributed by atoms with Crippen molar-refractivity contribution < 1.29 is 4.74 Å². The van der Waals surface area contributed by atoms with Gasteiger partial charge in [0.05, 0.1) is 6.10 Å². The van der Waals surface area contributed by atoms with E-state index in [0.29, 0.717) is 11.1 Å². The predicted octanol–water partition coefficient (Wildman–Crippen LogP) is 1.93. The van der Waals surface area contributed by atoms with E-state index < -0.39 is 0 Å². The van der Waals surface area contributed by atoms with Crippen LogP contribution in [-0.4, -0.2) is 36.2 Å². The SMILES string of the molecule is CN(Cc1ccccc1C(N)=S)CC1CCCO1. The Labute approximate surface area is 114 Å². The molecule has 0 radical (unpaired) electrons. The third-order valence-electron chi connectivity index (χ3n) is 3.26. The zero-order valence-electron chi connectivity index (χ0n) is 10.8. The molecule has 0 saturated carbocycles. The molecule has 0 bridgehead atoms. The van der Waals surface area contributed by atoms with Crippen molar-refractivity contribution in [1.29, 1.82) is 0 Å². The number of benzene rings is 1. The molecule has 0 amide bonds. The van der Waals surface area contributed by atoms with E-state index >= 15 is 0 Å². The highest BCUT2D eigenvalue weighted by Gasteiger charge is 2.17. The maximum Gasteiger partial charge on any atom is 0.104 e. The van der Waals surface area contributed by atoms with E-state index in [-0.39, 0.29) is 0 Å². The first-order valence-electron chi connectivity index (χ1n) is 6.34. The van der Waals surface area contributed by atoms with Crippen molar-refractivity contribution in [3.05, 3.63) is 35.4 Å². The molecule has 1 heterocycles. The Morgan fingerprint density at radius 2 is 2.28 bits per heavy atom. The molecule has 1 aromatic rings. The first kappa shape index (κ1) is 13.5. The van der Waals surface area contributed by atoms with E-state index in [0.717, 1.165) is 25.3 Å². The molecule has 0 aromatic heterocycles. The number of nitrogens with two attached hydrogens (primary N) is 1. The summed E-state index contributed by atoms with van der Waals surface area (Å²) in [6.07, 6.45) is 2.73. The lowest BCUT2D eigenvalue weighted by Crippen LogP contribution is -2.29. The molecule has 98 valence electrons. The molecular weight excluding hydrogens is 244 g/mol. The maximum absolute atomic E-state index is 5.74. The Kier molecular flexibility index (Phi) is 4.69. The lowest BCUT2D eigenvalue weighted by Gasteiger charge is -2.21. The van der Waals surface area contributed by atoms with Crippen molar-refractivity contribution >= 4 is 17.2 Å². The van der Waals surface area contributed by atoms with Crippen LogP contribution in [0.1, 0.15) is 24.0 Å². The summed E-state index contributed by atoms with van der Waals surface area (Å²) < 4.78 is 5.65. The van der Waals surface area contributed by atoms with Crippen LogP contribution in [0, 0.1) is 0 Å². The van der Waals surface area contributed by atoms with Gasteiger partial charge in [-0.05, 0) is 25.5 Å². The van der Waals surface area contributed by atoms with Gasteiger partial charge in [-0.2, -0.15) is 0 Å². The van der Waals surface area contributed by atoms with Gasteiger partial charge in [-0.25, -0.2) is 0 Å². The maximum atomic E-state index is 5.74. The highest BCUT2D eigenvalue weighted by atomic mass is 32.1. The zero-order chi connectivity index (χ0) is 13.0. The summed E-state index contributed by atoms with van der Waals surface area (Å²) in [5.74, 6) is 0. The minimum atomic E-state index is 0.381. The molecule has 2 N–H and O–H groups in total. The number of likely N-dealkylation sites (N-methyl/N-ethyl adjacent to an activating group) is 1. The van der Waals surface area contributed by atoms with Crippen LogP contribution in [0.15, 0.2) is 24.3 Å². The first-order chi connectivity index (χ1) is 8.66. The lowest BCUT2D eigenvalue weighted by atomic mass is 10.1. The molecule has 2 rings (SSSR count). The molecule has 0 spiro atoms. The van der Waals surface area contributed by atoms with Crippen LogP contribution in [0.2, 0.25) is 0 Å². The average Bonchev–Trinajstić information content (AvgIpc) is 2.82. The lowest BCUT2D eigenvalue weighted by molar-refractivity contribution is 0.0793. The van der Waals surface area contributed by atoms with Crippen molar-refractivity contribution in [2.75, 3.05) is 20.2 Å². The molecule has 1 saturated heterocycles. The second kappa shape index (κ2) is 6.27. The molecule has 3 nitrogen and oxygen atoms in total. The van der Waals surface area contributed by atoms with E-state index in [1.807, 2.05) is 18.2 Å². The standard InChI is InChI=1S/C14H20N2OS/c1-16(10-12-6-4-8-17-12)9-11-5-2-3-7-13(11)14(15)18/h2-3,5,7,12H,4,6,8-10H2,1H3,(H2,15,18). The van der Waals surface area contributed by atoms with Crippen LogP contribution in [0.5, 0.6) is 0 Å². The number of hydrogen-bond donors (Lipinski definition) is 1. The Morgan fingerprint density at radius 3 is 2.94 bits per heavy atom. The first-order valence-corrected chi connectivity index (χ1v) is 6.75. The van der Waals surface area contributed by atoms with Crippen molar-refractivity contribution in [1.82, 2.24) is 4.90 Å². The summed E-state index contributed by atoms with van der Waals surface area (Å²) in [4.78, 5) is 2.74. The molecule has 1 aliphatic rings. The highest BCUT2D eigenvalue weighted by molar-refractivity contribution is 7.80. The van der Waals surface area contributed by atoms with Gasteiger partial charge >= 0.3 is 0 Å². The van der Waals surface area contributed by atoms with Gasteiger partial charge in [-0.3, -0.25) is 4.90 Å². The van der Waals surface area contributed by atoms with Crippen LogP contribution in [0.4, 0.5) is 0 Å². The molecule has 18 heavy (non-hydrogen) atoms. The summed E-state index contributed by atoms with van der Waals surface area (Å²) in [7, 11) is 2.11. The van der Waals surface area contributed by atoms with Gasteiger partial charge in [0.2, 0.25) is 0 Å². The summed E-state index contributed by atoms with van der Waals surface area (Å²) in [6.45, 7) is 2.72. The molecule has 1 aliphatic heterocycles. The van der Waals surface area contributed by atoms with Crippen LogP contribution < -0.4 is 5.73 Å². The second-order valence-corrected chi connectivity index (χ2v) is 5.29. The fourth-order valence-electron chi connectivity index (χ4n) is 2.39. The zero-order valence-corrected chi connectivity index (χ0v) is 11.6. The highest BCUT2D eigenvalue weighted by Crippen LogP contribution is 2.15. The largest absolute Gasteiger partial charge is 0.389 e. The van der Waals surface area contributed by atoms with E-state index in [1.54, 1.807) is 0 Å². The second-order valence-electron chi connectivity index (χ2n) is 4.85. The number of nitrogens with zero attached hydrogens (tertiary/aromatic N) is 1. The monoisotopic (exact) mass is 264 g/mol. The van der Waals surface area contributed by atoms with E-state index in [1.165, 1.54) is 18.4 Å². The Morgan fingerprint density at radius 1 is 1.50 bits per heavy atom. The molecule has 1 atom stereocenters. The number of rotatable bonds is 5. The third kappa shape index (κ3) is 3.51. The summed E-state index contributed by atoms with van der Waals surface area (Å²) in [5.41, 5.74) is 7.91. The fourth-order valence-corrected chi connectivity index (χ4v) is 2.59. The van der Waals surface area contributed by atoms with Crippen molar-refractivity contribution in [3.63, 3.8) is 0 Å². The average molecular weight is 264 g/mol. The van der Waals surface area contributed by atoms with Crippen LogP contribution >= 0.6 is 12.2 Å². The smallest absolute Gasteiger partial charge is 0.104 e. The van der Waals surface area contributed by atoms with Gasteiger partial charge in [0.25, 0.3) is 0 Å². The molecule has 1 aromatic carbocycles. The predicted molar refractivity (Wildman–Crippen MR) is 77.6 cm³/mol. The fraction of sp³-hybridized carbons (Fsp3) is 0.500. The Hall–Kier alpha value is -0.970. The van der Waals surface area contributed by atoms with E-state index in [9.17, 15) is 0 Å². The van der Waals surface area contributed by atoms with Gasteiger partial charge in [-0.15, -0.1) is 0 Å². The van der Waals surface area contributed by atoms with Gasteiger partial charge < -0.3 is 10.5 Å². The Bertz CT molecular complexity index is 416. The van der Waals surface area contributed by atoms with Gasteiger partial charge in [-0.1, -0.05) is 36.5 Å². The third-order valence-corrected chi connectivity index (χ3v) is 3.48. The van der Waals surface area contributed by atoms with Gasteiger partial charge in [0, 0.05) is 25.3 Å². The van der Waals surface area contributed by atoms with E-state index in [2.05, 4.69) is 18.0 Å². The van der Waals surface area contributed by atoms with Crippen LogP contribution in [-0.2, 0) is 11.3 Å². The van der Waals surface area contributed by atoms with Crippen molar-refractivity contribution in [2.24, 2.45) is 5.73 Å². The minimum Gasteiger partial charge on any atom is -0.389 e. The summed E-state index contributed by atoms with van der Waals surface area (Å²) in [5, 5.41) is 0. The van der Waals surface area contributed by atoms with Crippen LogP contribution in [0.3, 0.4) is 0 Å². The van der Waals surface area contributed by atoms with Crippen LogP contribution in [0.25, 0.3) is 0 Å². The van der Waals surface area contributed by atoms with Crippen molar-refractivity contribution in [3.8, 4) is 0 Å². The molecule has 1 fully saturated rings. The molecular formula is C14H20N2OS. The summed E-state index contributed by atoms with van der Waals surface area (Å²) >= 11 is 5.08. The van der Waals surface area contributed by atoms with E-state index in [4.69, 9.17) is 22.7 Å². The number of thiocarbonyl (C=S) groups is 1. The summed E-state index contributed by atoms with van der Waals surface area (Å²) in [6, 6.07) is 8.06. The van der Waals surface area contributed by atoms with Gasteiger partial charge in [0.15, 0.2) is 0 Å². The normalized spacial score (nSPS) is 19.3. The molecule has 0 aliphatic carbocycles. The van der Waals surface area contributed by atoms with Crippen molar-refractivity contribution in [2.45, 2.75) is 25.5 Å². The van der Waals surface area contributed by atoms with Gasteiger partial charge in [0.1, 0.15) is 4.99 Å². The Balaban J connectivity index is 1.97. The quantitative estimate of drug-likeness (QED) is 0.825. The number of ether oxygens (including phenoxy) is 1. The molecule has 1 unspecified atom stereocenters.